The van der Waals surface area contributed by atoms with E-state index in [9.17, 15) is 4.79 Å². The lowest BCUT2D eigenvalue weighted by Crippen LogP contribution is -2.58. The van der Waals surface area contributed by atoms with E-state index < -0.39 is 5.54 Å². The van der Waals surface area contributed by atoms with Gasteiger partial charge in [0, 0.05) is 26.2 Å². The molecule has 1 unspecified atom stereocenters. The van der Waals surface area contributed by atoms with E-state index >= 15 is 0 Å². The van der Waals surface area contributed by atoms with Crippen molar-refractivity contribution in [1.29, 1.82) is 0 Å². The van der Waals surface area contributed by atoms with Crippen molar-refractivity contribution in [2.24, 2.45) is 5.73 Å². The molecule has 1 aliphatic rings. The molecule has 9 heteroatoms. The first-order valence-corrected chi connectivity index (χ1v) is 9.54. The number of hydrogen-bond acceptors (Lipinski definition) is 7. The number of carbonyl (C=O) groups excluding carboxylic acids is 1. The van der Waals surface area contributed by atoms with Gasteiger partial charge in [0.2, 0.25) is 17.6 Å². The molecule has 2 aromatic rings. The molecule has 7 nitrogen and oxygen atoms in total. The average molecular weight is 400 g/mol. The second kappa shape index (κ2) is 8.94. The predicted molar refractivity (Wildman–Crippen MR) is 104 cm³/mol. The van der Waals surface area contributed by atoms with E-state index in [1.54, 1.807) is 11.3 Å². The first kappa shape index (κ1) is 20.8. The molecule has 0 radical (unpaired) electrons. The summed E-state index contributed by atoms with van der Waals surface area (Å²) in [6, 6.07) is 3.94. The Kier molecular flexibility index (Phi) is 7.16. The standard InChI is InChI=1S/C17H25N5O2S.ClH/c1-3-6-17(2,18)16(23)22-9-7-21(8-10-22)12-14-19-15(20-24-14)13-5-4-11-25-13;/h4-5,11H,3,6-10,12,18H2,1-2H3;1H. The van der Waals surface area contributed by atoms with E-state index in [1.165, 1.54) is 0 Å². The fourth-order valence-corrected chi connectivity index (χ4v) is 3.76. The molecule has 26 heavy (non-hydrogen) atoms. The first-order valence-electron chi connectivity index (χ1n) is 8.66. The van der Waals surface area contributed by atoms with Gasteiger partial charge in [-0.3, -0.25) is 9.69 Å². The summed E-state index contributed by atoms with van der Waals surface area (Å²) in [7, 11) is 0. The minimum atomic E-state index is -0.765. The molecule has 1 aliphatic heterocycles. The Morgan fingerprint density at radius 2 is 2.12 bits per heavy atom. The third-order valence-corrected chi connectivity index (χ3v) is 5.35. The minimum Gasteiger partial charge on any atom is -0.339 e. The third kappa shape index (κ3) is 4.82. The minimum absolute atomic E-state index is 0. The lowest BCUT2D eigenvalue weighted by Gasteiger charge is -2.38. The number of aromatic nitrogens is 2. The number of halogens is 1. The van der Waals surface area contributed by atoms with Crippen LogP contribution in [0.2, 0.25) is 0 Å². The van der Waals surface area contributed by atoms with E-state index in [0.29, 0.717) is 37.8 Å². The molecule has 1 fully saturated rings. The number of thiophene rings is 1. The maximum absolute atomic E-state index is 12.6. The van der Waals surface area contributed by atoms with Crippen LogP contribution in [0.5, 0.6) is 0 Å². The highest BCUT2D eigenvalue weighted by atomic mass is 35.5. The lowest BCUT2D eigenvalue weighted by atomic mass is 9.95. The number of rotatable bonds is 6. The molecule has 2 aromatic heterocycles. The molecule has 1 amide bonds. The monoisotopic (exact) mass is 399 g/mol. The van der Waals surface area contributed by atoms with Gasteiger partial charge < -0.3 is 15.2 Å². The molecule has 144 valence electrons. The highest BCUT2D eigenvalue weighted by Gasteiger charge is 2.33. The van der Waals surface area contributed by atoms with E-state index in [-0.39, 0.29) is 18.3 Å². The van der Waals surface area contributed by atoms with E-state index in [2.05, 4.69) is 15.0 Å². The number of amides is 1. The van der Waals surface area contributed by atoms with Gasteiger partial charge in [-0.25, -0.2) is 0 Å². The van der Waals surface area contributed by atoms with E-state index in [4.69, 9.17) is 10.3 Å². The molecular weight excluding hydrogens is 374 g/mol. The van der Waals surface area contributed by atoms with Crippen LogP contribution >= 0.6 is 23.7 Å². The topological polar surface area (TPSA) is 88.5 Å². The van der Waals surface area contributed by atoms with Gasteiger partial charge in [-0.1, -0.05) is 24.6 Å². The van der Waals surface area contributed by atoms with Crippen LogP contribution in [0, 0.1) is 0 Å². The number of nitrogens with zero attached hydrogens (tertiary/aromatic N) is 4. The fraction of sp³-hybridized carbons (Fsp3) is 0.588. The Morgan fingerprint density at radius 3 is 2.73 bits per heavy atom. The zero-order valence-electron chi connectivity index (χ0n) is 15.2. The van der Waals surface area contributed by atoms with Crippen molar-refractivity contribution in [3.63, 3.8) is 0 Å². The van der Waals surface area contributed by atoms with Crippen LogP contribution in [0.3, 0.4) is 0 Å². The van der Waals surface area contributed by atoms with Crippen LogP contribution in [-0.4, -0.2) is 57.6 Å². The maximum atomic E-state index is 12.6. The quantitative estimate of drug-likeness (QED) is 0.802. The van der Waals surface area contributed by atoms with Crippen molar-refractivity contribution in [2.75, 3.05) is 26.2 Å². The Morgan fingerprint density at radius 1 is 1.38 bits per heavy atom. The Labute approximate surface area is 163 Å². The molecule has 3 rings (SSSR count). The molecule has 0 bridgehead atoms. The van der Waals surface area contributed by atoms with Crippen molar-refractivity contribution in [3.05, 3.63) is 23.4 Å². The van der Waals surface area contributed by atoms with Crippen LogP contribution in [0.15, 0.2) is 22.0 Å². The van der Waals surface area contributed by atoms with Crippen LogP contribution in [0.25, 0.3) is 10.7 Å². The highest BCUT2D eigenvalue weighted by Crippen LogP contribution is 2.22. The number of nitrogens with two attached hydrogens (primary N) is 1. The Balaban J connectivity index is 0.00000243. The zero-order valence-corrected chi connectivity index (χ0v) is 16.8. The van der Waals surface area contributed by atoms with Crippen molar-refractivity contribution < 1.29 is 9.32 Å². The number of carbonyl (C=O) groups is 1. The van der Waals surface area contributed by atoms with Crippen molar-refractivity contribution in [1.82, 2.24) is 19.9 Å². The van der Waals surface area contributed by atoms with Crippen LogP contribution < -0.4 is 5.73 Å². The van der Waals surface area contributed by atoms with Crippen molar-refractivity contribution in [3.8, 4) is 10.7 Å². The summed E-state index contributed by atoms with van der Waals surface area (Å²) in [6.07, 6.45) is 1.61. The zero-order chi connectivity index (χ0) is 17.9. The van der Waals surface area contributed by atoms with Gasteiger partial charge in [0.1, 0.15) is 0 Å². The molecule has 0 saturated carbocycles. The molecule has 1 saturated heterocycles. The maximum Gasteiger partial charge on any atom is 0.242 e. The largest absolute Gasteiger partial charge is 0.339 e. The SMILES string of the molecule is CCCC(C)(N)C(=O)N1CCN(Cc2nc(-c3cccs3)no2)CC1.Cl. The van der Waals surface area contributed by atoms with Crippen molar-refractivity contribution in [2.45, 2.75) is 38.8 Å². The smallest absolute Gasteiger partial charge is 0.242 e. The molecule has 0 spiro atoms. The first-order chi connectivity index (χ1) is 12.0. The third-order valence-electron chi connectivity index (χ3n) is 4.49. The molecule has 1 atom stereocenters. The van der Waals surface area contributed by atoms with Gasteiger partial charge in [-0.2, -0.15) is 4.98 Å². The summed E-state index contributed by atoms with van der Waals surface area (Å²) in [5, 5.41) is 6.03. The van der Waals surface area contributed by atoms with Crippen LogP contribution in [0.4, 0.5) is 0 Å². The summed E-state index contributed by atoms with van der Waals surface area (Å²) in [4.78, 5) is 22.1. The van der Waals surface area contributed by atoms with Gasteiger partial charge in [-0.05, 0) is 24.8 Å². The summed E-state index contributed by atoms with van der Waals surface area (Å²) >= 11 is 1.59. The fourth-order valence-electron chi connectivity index (χ4n) is 3.11. The van der Waals surface area contributed by atoms with E-state index in [0.717, 1.165) is 24.4 Å². The molecule has 2 N–H and O–H groups in total. The van der Waals surface area contributed by atoms with E-state index in [1.807, 2.05) is 36.3 Å². The number of hydrogen-bond donors (Lipinski definition) is 1. The van der Waals surface area contributed by atoms with Crippen LogP contribution in [-0.2, 0) is 11.3 Å². The Bertz CT molecular complexity index is 696. The summed E-state index contributed by atoms with van der Waals surface area (Å²) in [6.45, 7) is 7.41. The lowest BCUT2D eigenvalue weighted by molar-refractivity contribution is -0.138. The molecule has 0 aliphatic carbocycles. The van der Waals surface area contributed by atoms with Gasteiger partial charge in [-0.15, -0.1) is 23.7 Å². The second-order valence-corrected chi connectivity index (χ2v) is 7.67. The average Bonchev–Trinajstić information content (AvgIpc) is 3.26. The summed E-state index contributed by atoms with van der Waals surface area (Å²) < 4.78 is 5.36. The van der Waals surface area contributed by atoms with Gasteiger partial charge >= 0.3 is 0 Å². The summed E-state index contributed by atoms with van der Waals surface area (Å²) in [5.74, 6) is 1.29. The molecule has 3 heterocycles. The van der Waals surface area contributed by atoms with Crippen molar-refractivity contribution >= 4 is 29.7 Å². The normalized spacial score (nSPS) is 17.6. The molecular formula is C17H26ClN5O2S. The highest BCUT2D eigenvalue weighted by molar-refractivity contribution is 7.13. The van der Waals surface area contributed by atoms with Gasteiger partial charge in [0.15, 0.2) is 0 Å². The molecule has 0 aromatic carbocycles. The van der Waals surface area contributed by atoms with Gasteiger partial charge in [0.05, 0.1) is 17.0 Å². The van der Waals surface area contributed by atoms with Crippen LogP contribution in [0.1, 0.15) is 32.6 Å². The number of piperazine rings is 1. The summed E-state index contributed by atoms with van der Waals surface area (Å²) in [5.41, 5.74) is 5.41. The Hall–Kier alpha value is -1.48. The predicted octanol–water partition coefficient (Wildman–Crippen LogP) is 2.38. The van der Waals surface area contributed by atoms with Gasteiger partial charge in [0.25, 0.3) is 0 Å². The second-order valence-electron chi connectivity index (χ2n) is 6.72.